The van der Waals surface area contributed by atoms with Gasteiger partial charge in [0.2, 0.25) is 5.95 Å². The van der Waals surface area contributed by atoms with E-state index in [2.05, 4.69) is 15.2 Å². The van der Waals surface area contributed by atoms with Crippen molar-refractivity contribution in [3.63, 3.8) is 0 Å². The van der Waals surface area contributed by atoms with Crippen molar-refractivity contribution >= 4 is 27.5 Å². The first-order valence-corrected chi connectivity index (χ1v) is 7.13. The average molecular weight is 264 g/mol. The molecule has 18 heavy (non-hydrogen) atoms. The van der Waals surface area contributed by atoms with Gasteiger partial charge < -0.3 is 10.2 Å². The first kappa shape index (κ1) is 11.7. The second-order valence-electron chi connectivity index (χ2n) is 4.34. The van der Waals surface area contributed by atoms with Crippen molar-refractivity contribution in [2.24, 2.45) is 0 Å². The molecule has 5 nitrogen and oxygen atoms in total. The monoisotopic (exact) mass is 264 g/mol. The normalized spacial score (nSPS) is 16.4. The Hall–Kier alpha value is -1.40. The van der Waals surface area contributed by atoms with Crippen LogP contribution in [0.4, 0.5) is 5.95 Å². The largest absolute Gasteiger partial charge is 0.340 e. The molecule has 0 atom stereocenters. The molecular weight excluding hydrogens is 248 g/mol. The fourth-order valence-corrected chi connectivity index (χ4v) is 3.08. The Balaban J connectivity index is 2.17. The number of nitrogens with one attached hydrogen (secondary N) is 1. The van der Waals surface area contributed by atoms with E-state index in [9.17, 15) is 4.79 Å². The third kappa shape index (κ3) is 1.81. The Morgan fingerprint density at radius 1 is 1.44 bits per heavy atom. The Morgan fingerprint density at radius 2 is 2.22 bits per heavy atom. The molecule has 3 rings (SSSR count). The lowest BCUT2D eigenvalue weighted by atomic mass is 10.3. The molecule has 2 aromatic heterocycles. The van der Waals surface area contributed by atoms with E-state index in [-0.39, 0.29) is 5.56 Å². The van der Waals surface area contributed by atoms with Gasteiger partial charge in [0.05, 0.1) is 5.39 Å². The lowest BCUT2D eigenvalue weighted by Crippen LogP contribution is -2.46. The van der Waals surface area contributed by atoms with Crippen LogP contribution in [0.25, 0.3) is 10.2 Å². The number of nitrogens with zero attached hydrogens (tertiary/aromatic N) is 3. The SMILES string of the molecule is CCn1c(N2CCNCC2)nc2sccc2c1=O. The summed E-state index contributed by atoms with van der Waals surface area (Å²) in [5, 5.41) is 5.98. The number of aromatic nitrogens is 2. The van der Waals surface area contributed by atoms with Crippen LogP contribution in [0.1, 0.15) is 6.92 Å². The number of piperazine rings is 1. The van der Waals surface area contributed by atoms with Crippen LogP contribution in [0, 0.1) is 0 Å². The van der Waals surface area contributed by atoms with Gasteiger partial charge in [0.15, 0.2) is 0 Å². The van der Waals surface area contributed by atoms with Crippen molar-refractivity contribution in [2.75, 3.05) is 31.1 Å². The highest BCUT2D eigenvalue weighted by Gasteiger charge is 2.18. The van der Waals surface area contributed by atoms with Gasteiger partial charge >= 0.3 is 0 Å². The molecule has 0 bridgehead atoms. The molecule has 0 amide bonds. The van der Waals surface area contributed by atoms with Crippen molar-refractivity contribution in [1.82, 2.24) is 14.9 Å². The maximum absolute atomic E-state index is 12.4. The van der Waals surface area contributed by atoms with E-state index in [0.717, 1.165) is 42.3 Å². The quantitative estimate of drug-likeness (QED) is 0.875. The van der Waals surface area contributed by atoms with Crippen molar-refractivity contribution in [1.29, 1.82) is 0 Å². The lowest BCUT2D eigenvalue weighted by Gasteiger charge is -2.29. The van der Waals surface area contributed by atoms with E-state index in [1.54, 1.807) is 4.57 Å². The maximum Gasteiger partial charge on any atom is 0.263 e. The van der Waals surface area contributed by atoms with Crippen LogP contribution in [0.5, 0.6) is 0 Å². The second-order valence-corrected chi connectivity index (χ2v) is 5.23. The van der Waals surface area contributed by atoms with E-state index in [1.807, 2.05) is 18.4 Å². The molecule has 6 heteroatoms. The molecule has 3 heterocycles. The highest BCUT2D eigenvalue weighted by Crippen LogP contribution is 2.19. The molecule has 0 aliphatic carbocycles. The average Bonchev–Trinajstić information content (AvgIpc) is 2.88. The summed E-state index contributed by atoms with van der Waals surface area (Å²) in [6, 6.07) is 1.86. The highest BCUT2D eigenvalue weighted by atomic mass is 32.1. The molecule has 0 unspecified atom stereocenters. The van der Waals surface area contributed by atoms with Crippen molar-refractivity contribution in [3.05, 3.63) is 21.8 Å². The zero-order valence-corrected chi connectivity index (χ0v) is 11.2. The lowest BCUT2D eigenvalue weighted by molar-refractivity contribution is 0.561. The molecular formula is C12H16N4OS. The van der Waals surface area contributed by atoms with Crippen LogP contribution in [0.2, 0.25) is 0 Å². The van der Waals surface area contributed by atoms with Crippen LogP contribution in [0.3, 0.4) is 0 Å². The minimum atomic E-state index is 0.0808. The Morgan fingerprint density at radius 3 is 2.94 bits per heavy atom. The predicted octanol–water partition coefficient (Wildman–Crippen LogP) is 0.887. The Kier molecular flexibility index (Phi) is 3.05. The van der Waals surface area contributed by atoms with Gasteiger partial charge in [0.25, 0.3) is 5.56 Å². The van der Waals surface area contributed by atoms with Crippen molar-refractivity contribution in [2.45, 2.75) is 13.5 Å². The third-order valence-corrected chi connectivity index (χ3v) is 4.09. The number of rotatable bonds is 2. The first-order chi connectivity index (χ1) is 8.81. The molecule has 96 valence electrons. The van der Waals surface area contributed by atoms with Gasteiger partial charge in [0.1, 0.15) is 4.83 Å². The topological polar surface area (TPSA) is 50.2 Å². The van der Waals surface area contributed by atoms with Gasteiger partial charge in [-0.05, 0) is 18.4 Å². The van der Waals surface area contributed by atoms with Gasteiger partial charge in [-0.25, -0.2) is 4.98 Å². The summed E-state index contributed by atoms with van der Waals surface area (Å²) in [5.41, 5.74) is 0.0808. The summed E-state index contributed by atoms with van der Waals surface area (Å²) in [4.78, 5) is 20.1. The molecule has 2 aromatic rings. The highest BCUT2D eigenvalue weighted by molar-refractivity contribution is 7.16. The molecule has 0 spiro atoms. The summed E-state index contributed by atoms with van der Waals surface area (Å²) in [5.74, 6) is 0.818. The Bertz CT molecular complexity index is 612. The maximum atomic E-state index is 12.4. The fourth-order valence-electron chi connectivity index (χ4n) is 2.33. The van der Waals surface area contributed by atoms with Gasteiger partial charge in [0, 0.05) is 32.7 Å². The van der Waals surface area contributed by atoms with E-state index in [0.29, 0.717) is 6.54 Å². The number of hydrogen-bond donors (Lipinski definition) is 1. The number of anilines is 1. The van der Waals surface area contributed by atoms with Crippen LogP contribution >= 0.6 is 11.3 Å². The summed E-state index contributed by atoms with van der Waals surface area (Å²) >= 11 is 1.53. The van der Waals surface area contributed by atoms with E-state index in [4.69, 9.17) is 0 Å². The van der Waals surface area contributed by atoms with Crippen LogP contribution in [0.15, 0.2) is 16.2 Å². The molecule has 1 aliphatic rings. The standard InChI is InChI=1S/C12H16N4OS/c1-2-16-11(17)9-3-8-18-10(9)14-12(16)15-6-4-13-5-7-15/h3,8,13H,2,4-7H2,1H3. The molecule has 1 aliphatic heterocycles. The summed E-state index contributed by atoms with van der Waals surface area (Å²) < 4.78 is 1.78. The minimum Gasteiger partial charge on any atom is -0.340 e. The van der Waals surface area contributed by atoms with Crippen LogP contribution < -0.4 is 15.8 Å². The fraction of sp³-hybridized carbons (Fsp3) is 0.500. The molecule has 0 aromatic carbocycles. The second kappa shape index (κ2) is 4.70. The predicted molar refractivity (Wildman–Crippen MR) is 74.6 cm³/mol. The first-order valence-electron chi connectivity index (χ1n) is 6.25. The van der Waals surface area contributed by atoms with Gasteiger partial charge in [-0.1, -0.05) is 0 Å². The summed E-state index contributed by atoms with van der Waals surface area (Å²) in [6.45, 7) is 6.36. The van der Waals surface area contributed by atoms with Gasteiger partial charge in [-0.15, -0.1) is 11.3 Å². The number of hydrogen-bond acceptors (Lipinski definition) is 5. The summed E-state index contributed by atoms with van der Waals surface area (Å²) in [6.07, 6.45) is 0. The van der Waals surface area contributed by atoms with Crippen LogP contribution in [-0.2, 0) is 6.54 Å². The smallest absolute Gasteiger partial charge is 0.263 e. The van der Waals surface area contributed by atoms with Gasteiger partial charge in [-0.2, -0.15) is 0 Å². The molecule has 1 saturated heterocycles. The molecule has 1 fully saturated rings. The minimum absolute atomic E-state index is 0.0808. The zero-order valence-electron chi connectivity index (χ0n) is 10.3. The van der Waals surface area contributed by atoms with E-state index >= 15 is 0 Å². The molecule has 1 N–H and O–H groups in total. The zero-order chi connectivity index (χ0) is 12.5. The molecule has 0 saturated carbocycles. The molecule has 0 radical (unpaired) electrons. The third-order valence-electron chi connectivity index (χ3n) is 3.28. The van der Waals surface area contributed by atoms with Crippen molar-refractivity contribution < 1.29 is 0 Å². The van der Waals surface area contributed by atoms with E-state index < -0.39 is 0 Å². The van der Waals surface area contributed by atoms with Gasteiger partial charge in [-0.3, -0.25) is 9.36 Å². The van der Waals surface area contributed by atoms with E-state index in [1.165, 1.54) is 11.3 Å². The van der Waals surface area contributed by atoms with Crippen molar-refractivity contribution in [3.8, 4) is 0 Å². The number of fused-ring (bicyclic) bond motifs is 1. The summed E-state index contributed by atoms with van der Waals surface area (Å²) in [7, 11) is 0. The van der Waals surface area contributed by atoms with Crippen LogP contribution in [-0.4, -0.2) is 35.7 Å². The Labute approximate surface area is 109 Å². The number of thiophene rings is 1.